The van der Waals surface area contributed by atoms with Crippen LogP contribution in [0.2, 0.25) is 0 Å². The zero-order valence-electron chi connectivity index (χ0n) is 40.3. The molecular weight excluding hydrogens is 797 g/mol. The molecule has 0 radical (unpaired) electrons. The Balaban J connectivity index is 1.84. The average Bonchev–Trinajstić information content (AvgIpc) is 3.18. The second kappa shape index (κ2) is 18.7. The van der Waals surface area contributed by atoms with Crippen LogP contribution in [0.5, 0.6) is 23.0 Å². The Morgan fingerprint density at radius 3 is 0.953 bits per heavy atom. The average molecular weight is 865 g/mol. The molecule has 0 saturated heterocycles. The highest BCUT2D eigenvalue weighted by Gasteiger charge is 2.30. The summed E-state index contributed by atoms with van der Waals surface area (Å²) >= 11 is 0. The van der Waals surface area contributed by atoms with E-state index in [9.17, 15) is 9.59 Å². The summed E-state index contributed by atoms with van der Waals surface area (Å²) in [7, 11) is 0. The van der Waals surface area contributed by atoms with E-state index >= 15 is 0 Å². The van der Waals surface area contributed by atoms with Crippen LogP contribution < -0.4 is 29.6 Å². The van der Waals surface area contributed by atoms with Crippen LogP contribution in [-0.4, -0.2) is 51.3 Å². The van der Waals surface area contributed by atoms with Crippen molar-refractivity contribution in [3.63, 3.8) is 0 Å². The first-order chi connectivity index (χ1) is 30.0. The minimum atomic E-state index is -0.309. The quantitative estimate of drug-likeness (QED) is 0.175. The number of hydrogen-bond donors (Lipinski definition) is 2. The van der Waals surface area contributed by atoms with Gasteiger partial charge in [-0.05, 0) is 88.4 Å². The number of carbonyl (C=O) groups excluding carboxylic acids is 2. The molecule has 4 aromatic rings. The van der Waals surface area contributed by atoms with Gasteiger partial charge in [-0.1, -0.05) is 143 Å². The van der Waals surface area contributed by atoms with Crippen molar-refractivity contribution in [2.45, 2.75) is 130 Å². The number of ether oxygens (including phenoxy) is 4. The summed E-state index contributed by atoms with van der Waals surface area (Å²) in [6, 6.07) is 17.8. The van der Waals surface area contributed by atoms with Crippen molar-refractivity contribution in [3.8, 4) is 47.7 Å². The minimum absolute atomic E-state index is 0.0632. The van der Waals surface area contributed by atoms with Crippen LogP contribution in [0.15, 0.2) is 48.5 Å². The smallest absolute Gasteiger partial charge is 0.258 e. The van der Waals surface area contributed by atoms with E-state index < -0.39 is 0 Å². The van der Waals surface area contributed by atoms with Gasteiger partial charge in [0.15, 0.2) is 13.2 Å². The standard InChI is InChI=1S/C56H68N2O6/c1-15-19-61-49-35-21-39-29-45(55(9,10)11)31-41-23-37-27-44(54(6,7)8)28-38(50(37)62-20-16-2)24-42-32-46(56(12,13)14)30-40(22-36(49)26-43(25-35)53(3,4)5)52(42)64-34-48(60)58-18-17-57-47(59)33-63-51(39)41/h1-2,25-32H,17-24,33-34H2,3-14H3,(H,57,59)(H,58,60). The molecule has 8 heteroatoms. The lowest BCUT2D eigenvalue weighted by Crippen LogP contribution is -2.38. The van der Waals surface area contributed by atoms with Crippen LogP contribution >= 0.6 is 0 Å². The lowest BCUT2D eigenvalue weighted by Gasteiger charge is -2.29. The topological polar surface area (TPSA) is 95.1 Å². The predicted octanol–water partition coefficient (Wildman–Crippen LogP) is 9.58. The van der Waals surface area contributed by atoms with Crippen LogP contribution in [0, 0.1) is 24.7 Å². The van der Waals surface area contributed by atoms with E-state index in [1.807, 2.05) is 0 Å². The van der Waals surface area contributed by atoms with Crippen LogP contribution in [0.25, 0.3) is 0 Å². The predicted molar refractivity (Wildman–Crippen MR) is 257 cm³/mol. The SMILES string of the molecule is C#CCOc1c2cc(C(C)(C)C)cc1Cc1cc(C(C)(C)C)cc3c1OCC(=O)NCCNC(=O)COc1c(cc(C(C)(C)C)cc1Cc1cc(C(C)(C)C)cc(c1OCC#C)C3)C2. The summed E-state index contributed by atoms with van der Waals surface area (Å²) in [6.07, 6.45) is 13.5. The molecule has 0 saturated carbocycles. The molecule has 1 aliphatic carbocycles. The first kappa shape index (κ1) is 47.6. The molecule has 6 rings (SSSR count). The molecule has 338 valence electrons. The second-order valence-electron chi connectivity index (χ2n) is 21.5. The van der Waals surface area contributed by atoms with Gasteiger partial charge in [-0.25, -0.2) is 0 Å². The zero-order chi connectivity index (χ0) is 46.8. The molecule has 64 heavy (non-hydrogen) atoms. The lowest BCUT2D eigenvalue weighted by atomic mass is 9.79. The number of hydrogen-bond acceptors (Lipinski definition) is 6. The highest BCUT2D eigenvalue weighted by molar-refractivity contribution is 5.79. The fraction of sp³-hybridized carbons (Fsp3) is 0.464. The number of terminal acetylenes is 2. The van der Waals surface area contributed by atoms with Gasteiger partial charge in [-0.2, -0.15) is 0 Å². The van der Waals surface area contributed by atoms with Crippen LogP contribution in [0.4, 0.5) is 0 Å². The van der Waals surface area contributed by atoms with E-state index in [1.54, 1.807) is 0 Å². The molecule has 0 spiro atoms. The molecule has 1 aliphatic heterocycles. The van der Waals surface area contributed by atoms with Gasteiger partial charge in [0.1, 0.15) is 36.2 Å². The number of benzene rings is 4. The molecule has 2 aliphatic rings. The Labute approximate surface area is 382 Å². The van der Waals surface area contributed by atoms with Gasteiger partial charge in [0.2, 0.25) is 0 Å². The summed E-state index contributed by atoms with van der Waals surface area (Å²) in [5.74, 6) is 7.43. The maximum Gasteiger partial charge on any atom is 0.258 e. The third-order valence-corrected chi connectivity index (χ3v) is 12.0. The van der Waals surface area contributed by atoms with E-state index in [1.165, 1.54) is 0 Å². The van der Waals surface area contributed by atoms with E-state index in [4.69, 9.17) is 31.8 Å². The van der Waals surface area contributed by atoms with Crippen molar-refractivity contribution in [2.24, 2.45) is 0 Å². The Bertz CT molecular complexity index is 2230. The lowest BCUT2D eigenvalue weighted by molar-refractivity contribution is -0.124. The van der Waals surface area contributed by atoms with Crippen molar-refractivity contribution >= 4 is 11.8 Å². The molecule has 2 N–H and O–H groups in total. The number of fused-ring (bicyclic) bond motifs is 2. The van der Waals surface area contributed by atoms with Crippen molar-refractivity contribution < 1.29 is 28.5 Å². The second-order valence-corrected chi connectivity index (χ2v) is 21.5. The first-order valence-electron chi connectivity index (χ1n) is 22.5. The molecule has 0 atom stereocenters. The van der Waals surface area contributed by atoms with Crippen molar-refractivity contribution in [3.05, 3.63) is 115 Å². The largest absolute Gasteiger partial charge is 0.483 e. The highest BCUT2D eigenvalue weighted by Crippen LogP contribution is 2.44. The van der Waals surface area contributed by atoms with Crippen LogP contribution in [0.3, 0.4) is 0 Å². The van der Waals surface area contributed by atoms with Crippen LogP contribution in [0.1, 0.15) is 150 Å². The maximum atomic E-state index is 13.5. The highest BCUT2D eigenvalue weighted by atomic mass is 16.5. The molecule has 1 heterocycles. The summed E-state index contributed by atoms with van der Waals surface area (Å²) in [6.45, 7) is 26.6. The number of amides is 2. The van der Waals surface area contributed by atoms with Gasteiger partial charge < -0.3 is 29.6 Å². The Morgan fingerprint density at radius 2 is 0.719 bits per heavy atom. The number of rotatable bonds is 4. The molecule has 2 amide bonds. The van der Waals surface area contributed by atoms with E-state index in [-0.39, 0.29) is 73.0 Å². The third-order valence-electron chi connectivity index (χ3n) is 12.0. The molecule has 0 unspecified atom stereocenters. The van der Waals surface area contributed by atoms with E-state index in [0.29, 0.717) is 48.7 Å². The summed E-state index contributed by atoms with van der Waals surface area (Å²) in [4.78, 5) is 27.1. The van der Waals surface area contributed by atoms with Gasteiger partial charge in [-0.3, -0.25) is 9.59 Å². The maximum absolute atomic E-state index is 13.5. The van der Waals surface area contributed by atoms with Gasteiger partial charge in [0.25, 0.3) is 11.8 Å². The molecule has 0 aromatic heterocycles. The summed E-state index contributed by atoms with van der Waals surface area (Å²) in [5, 5.41) is 5.85. The fourth-order valence-corrected chi connectivity index (χ4v) is 8.37. The number of carbonyl (C=O) groups is 2. The summed E-state index contributed by atoms with van der Waals surface area (Å²) < 4.78 is 26.8. The van der Waals surface area contributed by atoms with Gasteiger partial charge in [0.05, 0.1) is 0 Å². The van der Waals surface area contributed by atoms with Crippen molar-refractivity contribution in [2.75, 3.05) is 39.5 Å². The first-order valence-corrected chi connectivity index (χ1v) is 22.5. The Morgan fingerprint density at radius 1 is 0.469 bits per heavy atom. The Hall–Kier alpha value is -5.86. The van der Waals surface area contributed by atoms with E-state index in [0.717, 1.165) is 66.8 Å². The van der Waals surface area contributed by atoms with Crippen LogP contribution in [-0.2, 0) is 56.9 Å². The van der Waals surface area contributed by atoms with Gasteiger partial charge in [-0.15, -0.1) is 12.8 Å². The normalized spacial score (nSPS) is 15.0. The Kier molecular flexibility index (Phi) is 13.9. The molecular formula is C56H68N2O6. The minimum Gasteiger partial charge on any atom is -0.483 e. The fourth-order valence-electron chi connectivity index (χ4n) is 8.37. The molecule has 8 nitrogen and oxygen atoms in total. The van der Waals surface area contributed by atoms with Crippen molar-refractivity contribution in [1.82, 2.24) is 10.6 Å². The van der Waals surface area contributed by atoms with E-state index in [2.05, 4.69) is 154 Å². The zero-order valence-corrected chi connectivity index (χ0v) is 40.3. The summed E-state index contributed by atoms with van der Waals surface area (Å²) in [5.41, 5.74) is 10.9. The monoisotopic (exact) mass is 865 g/mol. The molecule has 10 bridgehead atoms. The third kappa shape index (κ3) is 11.3. The number of nitrogens with one attached hydrogen (secondary N) is 2. The molecule has 4 aromatic carbocycles. The van der Waals surface area contributed by atoms with Gasteiger partial charge in [0, 0.05) is 38.8 Å². The van der Waals surface area contributed by atoms with Crippen molar-refractivity contribution in [1.29, 1.82) is 0 Å². The van der Waals surface area contributed by atoms with Gasteiger partial charge >= 0.3 is 0 Å². The molecule has 0 fully saturated rings.